The van der Waals surface area contributed by atoms with Crippen molar-refractivity contribution in [1.29, 1.82) is 0 Å². The molecule has 0 amide bonds. The first kappa shape index (κ1) is 14.9. The van der Waals surface area contributed by atoms with E-state index >= 15 is 0 Å². The molecule has 0 spiro atoms. The predicted molar refractivity (Wildman–Crippen MR) is 88.1 cm³/mol. The number of thiophene rings is 1. The maximum atomic E-state index is 12.1. The van der Waals surface area contributed by atoms with Gasteiger partial charge in [-0.25, -0.2) is 4.98 Å². The molecule has 6 nitrogen and oxygen atoms in total. The van der Waals surface area contributed by atoms with Crippen LogP contribution in [0, 0.1) is 6.92 Å². The number of hydrogen-bond acceptors (Lipinski definition) is 5. The van der Waals surface area contributed by atoms with E-state index < -0.39 is 0 Å². The van der Waals surface area contributed by atoms with E-state index in [4.69, 9.17) is 0 Å². The second-order valence-electron chi connectivity index (χ2n) is 5.56. The van der Waals surface area contributed by atoms with Gasteiger partial charge in [-0.3, -0.25) is 14.4 Å². The van der Waals surface area contributed by atoms with Crippen molar-refractivity contribution < 1.29 is 0 Å². The number of aromatic amines is 1. The number of aryl methyl sites for hydroxylation is 2. The molecule has 0 saturated carbocycles. The van der Waals surface area contributed by atoms with Crippen LogP contribution in [0.1, 0.15) is 28.5 Å². The van der Waals surface area contributed by atoms with Gasteiger partial charge in [-0.1, -0.05) is 0 Å². The van der Waals surface area contributed by atoms with Gasteiger partial charge >= 0.3 is 0 Å². The van der Waals surface area contributed by atoms with E-state index in [9.17, 15) is 4.79 Å². The highest BCUT2D eigenvalue weighted by atomic mass is 32.1. The van der Waals surface area contributed by atoms with E-state index in [0.717, 1.165) is 0 Å². The first-order chi connectivity index (χ1) is 10.5. The molecule has 0 radical (unpaired) electrons. The highest BCUT2D eigenvalue weighted by molar-refractivity contribution is 7.12. The fourth-order valence-electron chi connectivity index (χ4n) is 2.42. The summed E-state index contributed by atoms with van der Waals surface area (Å²) < 4.78 is 1.63. The van der Waals surface area contributed by atoms with E-state index in [1.807, 2.05) is 7.05 Å². The molecule has 22 heavy (non-hydrogen) atoms. The van der Waals surface area contributed by atoms with Gasteiger partial charge in [0.15, 0.2) is 5.65 Å². The van der Waals surface area contributed by atoms with Crippen LogP contribution in [-0.2, 0) is 13.6 Å². The van der Waals surface area contributed by atoms with Crippen molar-refractivity contribution in [3.05, 3.63) is 44.3 Å². The monoisotopic (exact) mass is 317 g/mol. The summed E-state index contributed by atoms with van der Waals surface area (Å²) >= 11 is 1.80. The van der Waals surface area contributed by atoms with E-state index in [1.165, 1.54) is 9.75 Å². The SMILES string of the molecule is Cc1ccc([C@@H](C)N(C)Cc2nc3c(cnn3C)c(=O)[nH]2)s1. The largest absolute Gasteiger partial charge is 0.309 e. The minimum absolute atomic E-state index is 0.138. The molecule has 1 atom stereocenters. The second-order valence-corrected chi connectivity index (χ2v) is 6.88. The minimum atomic E-state index is -0.138. The van der Waals surface area contributed by atoms with Crippen molar-refractivity contribution in [2.75, 3.05) is 7.05 Å². The molecule has 0 aromatic carbocycles. The summed E-state index contributed by atoms with van der Waals surface area (Å²) in [6, 6.07) is 4.56. The highest BCUT2D eigenvalue weighted by Crippen LogP contribution is 2.26. The summed E-state index contributed by atoms with van der Waals surface area (Å²) in [7, 11) is 3.83. The Morgan fingerprint density at radius 2 is 2.23 bits per heavy atom. The van der Waals surface area contributed by atoms with Crippen molar-refractivity contribution in [3.8, 4) is 0 Å². The average molecular weight is 317 g/mol. The summed E-state index contributed by atoms with van der Waals surface area (Å²) in [5.74, 6) is 0.656. The number of hydrogen-bond donors (Lipinski definition) is 1. The van der Waals surface area contributed by atoms with Crippen molar-refractivity contribution >= 4 is 22.4 Å². The van der Waals surface area contributed by atoms with Gasteiger partial charge in [-0.2, -0.15) is 5.10 Å². The van der Waals surface area contributed by atoms with Crippen LogP contribution in [-0.4, -0.2) is 31.7 Å². The lowest BCUT2D eigenvalue weighted by atomic mass is 10.2. The number of nitrogens with one attached hydrogen (secondary N) is 1. The molecule has 1 N–H and O–H groups in total. The Bertz CT molecular complexity index is 862. The molecule has 3 heterocycles. The van der Waals surface area contributed by atoms with Crippen LogP contribution in [0.3, 0.4) is 0 Å². The smallest absolute Gasteiger partial charge is 0.262 e. The Morgan fingerprint density at radius 3 is 2.91 bits per heavy atom. The fraction of sp³-hybridized carbons (Fsp3) is 0.400. The highest BCUT2D eigenvalue weighted by Gasteiger charge is 2.16. The summed E-state index contributed by atoms with van der Waals surface area (Å²) in [6.07, 6.45) is 1.55. The van der Waals surface area contributed by atoms with E-state index in [2.05, 4.69) is 45.9 Å². The van der Waals surface area contributed by atoms with Gasteiger partial charge in [0.2, 0.25) is 0 Å². The van der Waals surface area contributed by atoms with Crippen molar-refractivity contribution in [1.82, 2.24) is 24.6 Å². The van der Waals surface area contributed by atoms with Crippen LogP contribution >= 0.6 is 11.3 Å². The lowest BCUT2D eigenvalue weighted by Crippen LogP contribution is -2.24. The molecule has 3 aromatic heterocycles. The zero-order valence-corrected chi connectivity index (χ0v) is 13.9. The molecular formula is C15H19N5OS. The Morgan fingerprint density at radius 1 is 1.45 bits per heavy atom. The molecule has 0 unspecified atom stereocenters. The molecule has 0 aliphatic heterocycles. The normalized spacial score (nSPS) is 13.1. The first-order valence-corrected chi connectivity index (χ1v) is 7.95. The zero-order chi connectivity index (χ0) is 15.9. The number of rotatable bonds is 4. The topological polar surface area (TPSA) is 66.8 Å². The third-order valence-corrected chi connectivity index (χ3v) is 5.05. The number of H-pyrrole nitrogens is 1. The van der Waals surface area contributed by atoms with Gasteiger partial charge < -0.3 is 4.98 Å². The molecule has 0 aliphatic rings. The Hall–Kier alpha value is -1.99. The summed E-state index contributed by atoms with van der Waals surface area (Å²) in [5, 5.41) is 4.61. The quantitative estimate of drug-likeness (QED) is 0.801. The second kappa shape index (κ2) is 5.66. The van der Waals surface area contributed by atoms with Crippen LogP contribution in [0.5, 0.6) is 0 Å². The maximum absolute atomic E-state index is 12.1. The van der Waals surface area contributed by atoms with E-state index in [1.54, 1.807) is 29.3 Å². The predicted octanol–water partition coefficient (Wildman–Crippen LogP) is 2.22. The van der Waals surface area contributed by atoms with Crippen molar-refractivity contribution in [3.63, 3.8) is 0 Å². The minimum Gasteiger partial charge on any atom is -0.309 e. The van der Waals surface area contributed by atoms with Crippen molar-refractivity contribution in [2.24, 2.45) is 7.05 Å². The molecule has 116 valence electrons. The molecule has 0 saturated heterocycles. The van der Waals surface area contributed by atoms with Gasteiger partial charge in [-0.05, 0) is 33.0 Å². The van der Waals surface area contributed by atoms with Gasteiger partial charge in [0.05, 0.1) is 12.7 Å². The Labute approximate surface area is 132 Å². The Kier molecular flexibility index (Phi) is 3.84. The number of nitrogens with zero attached hydrogens (tertiary/aromatic N) is 4. The van der Waals surface area contributed by atoms with Gasteiger partial charge in [0.1, 0.15) is 11.2 Å². The molecule has 3 aromatic rings. The Balaban J connectivity index is 1.86. The van der Waals surface area contributed by atoms with Crippen LogP contribution in [0.25, 0.3) is 11.0 Å². The molecular weight excluding hydrogens is 298 g/mol. The molecule has 0 aliphatic carbocycles. The molecule has 0 fully saturated rings. The fourth-order valence-corrected chi connectivity index (χ4v) is 3.42. The summed E-state index contributed by atoms with van der Waals surface area (Å²) in [4.78, 5) is 24.2. The van der Waals surface area contributed by atoms with Gasteiger partial charge in [-0.15, -0.1) is 11.3 Å². The van der Waals surface area contributed by atoms with Crippen LogP contribution in [0.15, 0.2) is 23.1 Å². The zero-order valence-electron chi connectivity index (χ0n) is 13.1. The lowest BCUT2D eigenvalue weighted by Gasteiger charge is -2.23. The third-order valence-electron chi connectivity index (χ3n) is 3.88. The number of aromatic nitrogens is 4. The summed E-state index contributed by atoms with van der Waals surface area (Å²) in [6.45, 7) is 4.84. The van der Waals surface area contributed by atoms with Crippen LogP contribution in [0.2, 0.25) is 0 Å². The van der Waals surface area contributed by atoms with Crippen LogP contribution in [0.4, 0.5) is 0 Å². The number of fused-ring (bicyclic) bond motifs is 1. The molecule has 7 heteroatoms. The van der Waals surface area contributed by atoms with E-state index in [-0.39, 0.29) is 11.6 Å². The summed E-state index contributed by atoms with van der Waals surface area (Å²) in [5.41, 5.74) is 0.480. The standard InChI is InChI=1S/C15H19N5OS/c1-9-5-6-12(22-9)10(2)19(3)8-13-17-14-11(15(21)18-13)7-16-20(14)4/h5-7,10H,8H2,1-4H3,(H,17,18,21)/t10-/m1/s1. The average Bonchev–Trinajstić information content (AvgIpc) is 3.05. The third kappa shape index (κ3) is 2.69. The van der Waals surface area contributed by atoms with Gasteiger partial charge in [0.25, 0.3) is 5.56 Å². The van der Waals surface area contributed by atoms with Crippen LogP contribution < -0.4 is 5.56 Å². The molecule has 3 rings (SSSR count). The van der Waals surface area contributed by atoms with Crippen molar-refractivity contribution in [2.45, 2.75) is 26.4 Å². The lowest BCUT2D eigenvalue weighted by molar-refractivity contribution is 0.250. The van der Waals surface area contributed by atoms with E-state index in [0.29, 0.717) is 23.4 Å². The maximum Gasteiger partial charge on any atom is 0.262 e. The molecule has 0 bridgehead atoms. The first-order valence-electron chi connectivity index (χ1n) is 7.13. The van der Waals surface area contributed by atoms with Gasteiger partial charge in [0, 0.05) is 22.8 Å².